The van der Waals surface area contributed by atoms with Crippen LogP contribution in [-0.4, -0.2) is 32.0 Å². The smallest absolute Gasteiger partial charge is 0.275 e. The summed E-state index contributed by atoms with van der Waals surface area (Å²) in [7, 11) is 0. The first-order valence-corrected chi connectivity index (χ1v) is 9.60. The van der Waals surface area contributed by atoms with Crippen LogP contribution in [0.4, 0.5) is 0 Å². The molecule has 3 aromatic heterocycles. The summed E-state index contributed by atoms with van der Waals surface area (Å²) < 4.78 is 3.63. The van der Waals surface area contributed by atoms with Crippen LogP contribution in [0.3, 0.4) is 0 Å². The van der Waals surface area contributed by atoms with Gasteiger partial charge in [-0.05, 0) is 35.6 Å². The van der Waals surface area contributed by atoms with Crippen LogP contribution in [0.1, 0.15) is 20.9 Å². The molecule has 0 aliphatic heterocycles. The molecule has 27 heavy (non-hydrogen) atoms. The number of aromatic nitrogens is 4. The predicted molar refractivity (Wildman–Crippen MR) is 105 cm³/mol. The molecule has 0 aliphatic rings. The zero-order valence-electron chi connectivity index (χ0n) is 14.7. The molecule has 0 saturated carbocycles. The molecule has 0 aliphatic carbocycles. The first-order chi connectivity index (χ1) is 13.3. The molecule has 0 bridgehead atoms. The van der Waals surface area contributed by atoms with Crippen LogP contribution < -0.4 is 5.32 Å². The molecule has 136 valence electrons. The molecule has 1 amide bonds. The van der Waals surface area contributed by atoms with Gasteiger partial charge in [-0.2, -0.15) is 0 Å². The van der Waals surface area contributed by atoms with Crippen molar-refractivity contribution >= 4 is 17.2 Å². The lowest BCUT2D eigenvalue weighted by Crippen LogP contribution is -2.27. The minimum atomic E-state index is -0.213. The van der Waals surface area contributed by atoms with Crippen LogP contribution in [-0.2, 0) is 13.0 Å². The van der Waals surface area contributed by atoms with Crippen LogP contribution in [0, 0.1) is 0 Å². The van der Waals surface area contributed by atoms with E-state index in [0.717, 1.165) is 12.0 Å². The summed E-state index contributed by atoms with van der Waals surface area (Å²) in [5, 5.41) is 13.4. The van der Waals surface area contributed by atoms with E-state index < -0.39 is 0 Å². The van der Waals surface area contributed by atoms with Crippen LogP contribution in [0.2, 0.25) is 0 Å². The van der Waals surface area contributed by atoms with Gasteiger partial charge in [-0.15, -0.1) is 16.4 Å². The molecule has 4 rings (SSSR count). The minimum Gasteiger partial charge on any atom is -0.350 e. The largest absolute Gasteiger partial charge is 0.350 e. The van der Waals surface area contributed by atoms with Crippen molar-refractivity contribution in [2.75, 3.05) is 6.54 Å². The third-order valence-corrected chi connectivity index (χ3v) is 5.12. The Kier molecular flexibility index (Phi) is 5.11. The van der Waals surface area contributed by atoms with Crippen molar-refractivity contribution in [1.82, 2.24) is 24.9 Å². The van der Waals surface area contributed by atoms with Gasteiger partial charge in [-0.1, -0.05) is 41.6 Å². The third kappa shape index (κ3) is 3.98. The maximum absolute atomic E-state index is 12.7. The van der Waals surface area contributed by atoms with Crippen LogP contribution in [0.5, 0.6) is 0 Å². The first-order valence-electron chi connectivity index (χ1n) is 8.72. The lowest BCUT2D eigenvalue weighted by atomic mass is 10.2. The Morgan fingerprint density at radius 1 is 1.04 bits per heavy atom. The highest BCUT2D eigenvalue weighted by molar-refractivity contribution is 7.09. The van der Waals surface area contributed by atoms with Crippen molar-refractivity contribution in [1.29, 1.82) is 0 Å². The van der Waals surface area contributed by atoms with Crippen molar-refractivity contribution in [2.24, 2.45) is 0 Å². The zero-order valence-corrected chi connectivity index (χ0v) is 15.5. The van der Waals surface area contributed by atoms with Crippen molar-refractivity contribution in [2.45, 2.75) is 13.0 Å². The number of hydrogen-bond acceptors (Lipinski definition) is 4. The van der Waals surface area contributed by atoms with Gasteiger partial charge in [-0.25, -0.2) is 4.68 Å². The standard InChI is InChI=1S/C20H19N5OS/c26-19(21-11-10-17-9-6-14-27-17)18-20(24-12-4-5-13-24)25(23-22-18)15-16-7-2-1-3-8-16/h1-9,12-14H,10-11,15H2,(H,21,26). The van der Waals surface area contributed by atoms with Gasteiger partial charge >= 0.3 is 0 Å². The fourth-order valence-corrected chi connectivity index (χ4v) is 3.60. The van der Waals surface area contributed by atoms with Gasteiger partial charge in [0.25, 0.3) is 5.91 Å². The third-order valence-electron chi connectivity index (χ3n) is 4.19. The molecule has 3 heterocycles. The van der Waals surface area contributed by atoms with E-state index in [4.69, 9.17) is 0 Å². The minimum absolute atomic E-state index is 0.213. The molecule has 1 aromatic carbocycles. The number of hydrogen-bond donors (Lipinski definition) is 1. The Balaban J connectivity index is 1.55. The molecular formula is C20H19N5OS. The number of amides is 1. The maximum atomic E-state index is 12.7. The predicted octanol–water partition coefficient (Wildman–Crippen LogP) is 3.15. The summed E-state index contributed by atoms with van der Waals surface area (Å²) in [5.74, 6) is 0.451. The molecule has 1 N–H and O–H groups in total. The molecular weight excluding hydrogens is 358 g/mol. The second-order valence-electron chi connectivity index (χ2n) is 6.08. The second-order valence-corrected chi connectivity index (χ2v) is 7.11. The molecule has 0 saturated heterocycles. The number of nitrogens with zero attached hydrogens (tertiary/aromatic N) is 4. The average molecular weight is 377 g/mol. The van der Waals surface area contributed by atoms with Gasteiger partial charge in [0.2, 0.25) is 0 Å². The number of carbonyl (C=O) groups excluding carboxylic acids is 1. The summed E-state index contributed by atoms with van der Waals surface area (Å²) in [4.78, 5) is 14.0. The quantitative estimate of drug-likeness (QED) is 0.538. The Hall–Kier alpha value is -3.19. The monoisotopic (exact) mass is 377 g/mol. The van der Waals surface area contributed by atoms with E-state index in [-0.39, 0.29) is 5.91 Å². The lowest BCUT2D eigenvalue weighted by Gasteiger charge is -2.09. The summed E-state index contributed by atoms with van der Waals surface area (Å²) in [5.41, 5.74) is 1.42. The van der Waals surface area contributed by atoms with E-state index in [0.29, 0.717) is 24.6 Å². The Bertz CT molecular complexity index is 991. The Morgan fingerprint density at radius 2 is 1.85 bits per heavy atom. The van der Waals surface area contributed by atoms with E-state index in [2.05, 4.69) is 21.7 Å². The highest BCUT2D eigenvalue weighted by Gasteiger charge is 2.21. The van der Waals surface area contributed by atoms with Crippen molar-refractivity contribution in [3.63, 3.8) is 0 Å². The highest BCUT2D eigenvalue weighted by atomic mass is 32.1. The maximum Gasteiger partial charge on any atom is 0.275 e. The van der Waals surface area contributed by atoms with Crippen LogP contribution in [0.25, 0.3) is 5.82 Å². The van der Waals surface area contributed by atoms with E-state index in [1.165, 1.54) is 4.88 Å². The Labute approximate surface area is 161 Å². The van der Waals surface area contributed by atoms with Gasteiger partial charge < -0.3 is 9.88 Å². The Morgan fingerprint density at radius 3 is 2.59 bits per heavy atom. The van der Waals surface area contributed by atoms with Crippen LogP contribution in [0.15, 0.2) is 72.4 Å². The summed E-state index contributed by atoms with van der Waals surface area (Å²) in [6, 6.07) is 17.9. The number of benzene rings is 1. The van der Waals surface area contributed by atoms with Gasteiger partial charge in [-0.3, -0.25) is 4.79 Å². The molecule has 0 unspecified atom stereocenters. The molecule has 0 atom stereocenters. The van der Waals surface area contributed by atoms with E-state index in [9.17, 15) is 4.79 Å². The summed E-state index contributed by atoms with van der Waals surface area (Å²) in [6.45, 7) is 1.11. The molecule has 4 aromatic rings. The van der Waals surface area contributed by atoms with Crippen molar-refractivity contribution in [3.05, 3.63) is 88.5 Å². The van der Waals surface area contributed by atoms with E-state index in [1.807, 2.05) is 70.9 Å². The van der Waals surface area contributed by atoms with Crippen LogP contribution >= 0.6 is 11.3 Å². The number of nitrogens with one attached hydrogen (secondary N) is 1. The first kappa shape index (κ1) is 17.2. The van der Waals surface area contributed by atoms with Gasteiger partial charge in [0.05, 0.1) is 6.54 Å². The normalized spacial score (nSPS) is 10.8. The fraction of sp³-hybridized carbons (Fsp3) is 0.150. The van der Waals surface area contributed by atoms with Crippen molar-refractivity contribution < 1.29 is 4.79 Å². The number of thiophene rings is 1. The molecule has 7 heteroatoms. The molecule has 0 radical (unpaired) electrons. The molecule has 0 spiro atoms. The average Bonchev–Trinajstić information content (AvgIpc) is 3.44. The highest BCUT2D eigenvalue weighted by Crippen LogP contribution is 2.15. The fourth-order valence-electron chi connectivity index (χ4n) is 2.89. The van der Waals surface area contributed by atoms with Gasteiger partial charge in [0.15, 0.2) is 11.5 Å². The van der Waals surface area contributed by atoms with E-state index >= 15 is 0 Å². The summed E-state index contributed by atoms with van der Waals surface area (Å²) in [6.07, 6.45) is 4.59. The SMILES string of the molecule is O=C(NCCc1cccs1)c1nnn(Cc2ccccc2)c1-n1cccc1. The zero-order chi connectivity index (χ0) is 18.5. The van der Waals surface area contributed by atoms with Gasteiger partial charge in [0, 0.05) is 23.8 Å². The summed E-state index contributed by atoms with van der Waals surface area (Å²) >= 11 is 1.69. The molecule has 6 nitrogen and oxygen atoms in total. The topological polar surface area (TPSA) is 64.7 Å². The molecule has 0 fully saturated rings. The van der Waals surface area contributed by atoms with Crippen molar-refractivity contribution in [3.8, 4) is 5.82 Å². The second kappa shape index (κ2) is 8.01. The van der Waals surface area contributed by atoms with E-state index in [1.54, 1.807) is 16.0 Å². The van der Waals surface area contributed by atoms with Gasteiger partial charge in [0.1, 0.15) is 0 Å². The number of rotatable bonds is 7. The lowest BCUT2D eigenvalue weighted by molar-refractivity contribution is 0.0949. The number of carbonyl (C=O) groups is 1.